The van der Waals surface area contributed by atoms with Crippen molar-refractivity contribution < 1.29 is 4.74 Å². The van der Waals surface area contributed by atoms with Crippen LogP contribution in [0, 0.1) is 0 Å². The summed E-state index contributed by atoms with van der Waals surface area (Å²) in [5.74, 6) is 1.91. The second-order valence-electron chi connectivity index (χ2n) is 3.57. The Morgan fingerprint density at radius 2 is 1.81 bits per heavy atom. The van der Waals surface area contributed by atoms with Crippen LogP contribution >= 0.6 is 27.7 Å². The van der Waals surface area contributed by atoms with Gasteiger partial charge in [0.15, 0.2) is 0 Å². The van der Waals surface area contributed by atoms with Gasteiger partial charge in [-0.2, -0.15) is 0 Å². The first-order valence-electron chi connectivity index (χ1n) is 5.00. The zero-order valence-corrected chi connectivity index (χ0v) is 10.8. The van der Waals surface area contributed by atoms with E-state index in [9.17, 15) is 0 Å². The lowest BCUT2D eigenvalue weighted by molar-refractivity contribution is 0.454. The van der Waals surface area contributed by atoms with Gasteiger partial charge in [-0.25, -0.2) is 0 Å². The molecule has 1 aliphatic heterocycles. The van der Waals surface area contributed by atoms with Crippen LogP contribution in [0.1, 0.15) is 5.56 Å². The van der Waals surface area contributed by atoms with Crippen molar-refractivity contribution >= 4 is 27.7 Å². The predicted octanol–water partition coefficient (Wildman–Crippen LogP) is 4.84. The maximum atomic E-state index is 5.88. The molecule has 0 atom stereocenters. The first kappa shape index (κ1) is 10.2. The molecule has 0 aromatic heterocycles. The lowest BCUT2D eigenvalue weighted by Crippen LogP contribution is -1.95. The predicted molar refractivity (Wildman–Crippen MR) is 69.7 cm³/mol. The van der Waals surface area contributed by atoms with Crippen molar-refractivity contribution in [2.24, 2.45) is 0 Å². The number of alkyl halides is 1. The SMILES string of the molecule is BrCc1ccc2c(c1)Oc1ccccc1S2. The highest BCUT2D eigenvalue weighted by Gasteiger charge is 2.16. The van der Waals surface area contributed by atoms with Gasteiger partial charge in [-0.05, 0) is 29.8 Å². The Morgan fingerprint density at radius 1 is 1.00 bits per heavy atom. The summed E-state index contributed by atoms with van der Waals surface area (Å²) in [5, 5.41) is 0.857. The van der Waals surface area contributed by atoms with Crippen molar-refractivity contribution in [2.75, 3.05) is 0 Å². The molecule has 16 heavy (non-hydrogen) atoms. The molecule has 0 radical (unpaired) electrons. The normalized spacial score (nSPS) is 12.6. The maximum absolute atomic E-state index is 5.88. The highest BCUT2D eigenvalue weighted by molar-refractivity contribution is 9.08. The smallest absolute Gasteiger partial charge is 0.141 e. The average molecular weight is 293 g/mol. The van der Waals surface area contributed by atoms with Crippen LogP contribution in [0.5, 0.6) is 11.5 Å². The first-order chi connectivity index (χ1) is 7.86. The Bertz CT molecular complexity index is 539. The van der Waals surface area contributed by atoms with Gasteiger partial charge in [0, 0.05) is 5.33 Å². The molecule has 0 amide bonds. The second-order valence-corrected chi connectivity index (χ2v) is 5.21. The Balaban J connectivity index is 2.05. The number of hydrogen-bond donors (Lipinski definition) is 0. The molecule has 3 rings (SSSR count). The molecular weight excluding hydrogens is 284 g/mol. The van der Waals surface area contributed by atoms with E-state index in [2.05, 4.69) is 40.2 Å². The topological polar surface area (TPSA) is 9.23 Å². The number of para-hydroxylation sites is 1. The van der Waals surface area contributed by atoms with Gasteiger partial charge in [0.2, 0.25) is 0 Å². The van der Waals surface area contributed by atoms with Crippen molar-refractivity contribution in [3.8, 4) is 11.5 Å². The summed E-state index contributed by atoms with van der Waals surface area (Å²) in [6.45, 7) is 0. The quantitative estimate of drug-likeness (QED) is 0.594. The molecule has 2 aromatic rings. The van der Waals surface area contributed by atoms with Crippen LogP contribution in [0.15, 0.2) is 52.3 Å². The van der Waals surface area contributed by atoms with Gasteiger partial charge in [0.25, 0.3) is 0 Å². The van der Waals surface area contributed by atoms with Crippen LogP contribution < -0.4 is 4.74 Å². The lowest BCUT2D eigenvalue weighted by Gasteiger charge is -2.19. The molecule has 0 fully saturated rings. The molecular formula is C13H9BrOS. The summed E-state index contributed by atoms with van der Waals surface area (Å²) in [6, 6.07) is 14.5. The van der Waals surface area contributed by atoms with Gasteiger partial charge < -0.3 is 4.74 Å². The fourth-order valence-corrected chi connectivity index (χ4v) is 2.94. The van der Waals surface area contributed by atoms with Crippen molar-refractivity contribution in [1.82, 2.24) is 0 Å². The van der Waals surface area contributed by atoms with Crippen LogP contribution in [-0.2, 0) is 5.33 Å². The standard InChI is InChI=1S/C13H9BrOS/c14-8-9-5-6-13-11(7-9)15-10-3-1-2-4-12(10)16-13/h1-7H,8H2. The zero-order valence-electron chi connectivity index (χ0n) is 8.44. The van der Waals surface area contributed by atoms with Gasteiger partial charge >= 0.3 is 0 Å². The molecule has 3 heteroatoms. The minimum atomic E-state index is 0.857. The monoisotopic (exact) mass is 292 g/mol. The fourth-order valence-electron chi connectivity index (χ4n) is 1.66. The van der Waals surface area contributed by atoms with E-state index in [0.29, 0.717) is 0 Å². The number of ether oxygens (including phenoxy) is 1. The number of benzene rings is 2. The largest absolute Gasteiger partial charge is 0.455 e. The zero-order chi connectivity index (χ0) is 11.0. The molecule has 1 aliphatic rings. The van der Waals surface area contributed by atoms with E-state index < -0.39 is 0 Å². The molecule has 80 valence electrons. The number of fused-ring (bicyclic) bond motifs is 2. The average Bonchev–Trinajstić information content (AvgIpc) is 2.35. The van der Waals surface area contributed by atoms with Gasteiger partial charge in [0.05, 0.1) is 9.79 Å². The van der Waals surface area contributed by atoms with E-state index in [1.165, 1.54) is 15.4 Å². The molecule has 2 aromatic carbocycles. The second kappa shape index (κ2) is 4.15. The summed E-state index contributed by atoms with van der Waals surface area (Å²) in [6.07, 6.45) is 0. The first-order valence-corrected chi connectivity index (χ1v) is 6.94. The van der Waals surface area contributed by atoms with Crippen LogP contribution in [0.3, 0.4) is 0 Å². The van der Waals surface area contributed by atoms with Crippen molar-refractivity contribution in [2.45, 2.75) is 15.1 Å². The summed E-state index contributed by atoms with van der Waals surface area (Å²) < 4.78 is 5.88. The third-order valence-electron chi connectivity index (χ3n) is 2.45. The van der Waals surface area contributed by atoms with Gasteiger partial charge in [-0.15, -0.1) is 0 Å². The van der Waals surface area contributed by atoms with Crippen LogP contribution in [0.4, 0.5) is 0 Å². The maximum Gasteiger partial charge on any atom is 0.141 e. The molecule has 1 heterocycles. The van der Waals surface area contributed by atoms with Gasteiger partial charge in [-0.1, -0.05) is 45.9 Å². The van der Waals surface area contributed by atoms with Crippen molar-refractivity contribution in [3.05, 3.63) is 48.0 Å². The Hall–Kier alpha value is -0.930. The Labute approximate surface area is 107 Å². The van der Waals surface area contributed by atoms with Crippen LogP contribution in [0.25, 0.3) is 0 Å². The van der Waals surface area contributed by atoms with E-state index >= 15 is 0 Å². The van der Waals surface area contributed by atoms with E-state index in [4.69, 9.17) is 4.74 Å². The van der Waals surface area contributed by atoms with Gasteiger partial charge in [-0.3, -0.25) is 0 Å². The summed E-state index contributed by atoms with van der Waals surface area (Å²) in [7, 11) is 0. The summed E-state index contributed by atoms with van der Waals surface area (Å²) >= 11 is 5.22. The molecule has 0 spiro atoms. The third-order valence-corrected chi connectivity index (χ3v) is 4.21. The Morgan fingerprint density at radius 3 is 2.69 bits per heavy atom. The summed E-state index contributed by atoms with van der Waals surface area (Å²) in [4.78, 5) is 2.37. The minimum Gasteiger partial charge on any atom is -0.455 e. The van der Waals surface area contributed by atoms with E-state index in [-0.39, 0.29) is 0 Å². The van der Waals surface area contributed by atoms with E-state index in [1.54, 1.807) is 11.8 Å². The molecule has 0 N–H and O–H groups in total. The summed E-state index contributed by atoms with van der Waals surface area (Å²) in [5.41, 5.74) is 1.23. The molecule has 0 aliphatic carbocycles. The van der Waals surface area contributed by atoms with E-state index in [0.717, 1.165) is 16.8 Å². The van der Waals surface area contributed by atoms with Crippen LogP contribution in [0.2, 0.25) is 0 Å². The number of rotatable bonds is 1. The fraction of sp³-hybridized carbons (Fsp3) is 0.0769. The van der Waals surface area contributed by atoms with Crippen molar-refractivity contribution in [1.29, 1.82) is 0 Å². The molecule has 0 saturated carbocycles. The van der Waals surface area contributed by atoms with E-state index in [1.807, 2.05) is 18.2 Å². The number of hydrogen-bond acceptors (Lipinski definition) is 2. The van der Waals surface area contributed by atoms with Gasteiger partial charge in [0.1, 0.15) is 11.5 Å². The lowest BCUT2D eigenvalue weighted by atomic mass is 10.2. The molecule has 0 saturated heterocycles. The third kappa shape index (κ3) is 1.74. The highest BCUT2D eigenvalue weighted by Crippen LogP contribution is 2.46. The molecule has 0 unspecified atom stereocenters. The highest BCUT2D eigenvalue weighted by atomic mass is 79.9. The van der Waals surface area contributed by atoms with Crippen LogP contribution in [-0.4, -0.2) is 0 Å². The molecule has 1 nitrogen and oxygen atoms in total. The molecule has 0 bridgehead atoms. The Kier molecular flexibility index (Phi) is 2.65. The minimum absolute atomic E-state index is 0.857. The number of halogens is 1. The van der Waals surface area contributed by atoms with Crippen molar-refractivity contribution in [3.63, 3.8) is 0 Å².